The molecule has 1 unspecified atom stereocenters. The Morgan fingerprint density at radius 3 is 2.74 bits per heavy atom. The Morgan fingerprint density at radius 1 is 1.21 bits per heavy atom. The minimum absolute atomic E-state index is 0.200. The summed E-state index contributed by atoms with van der Waals surface area (Å²) in [4.78, 5) is 0. The van der Waals surface area contributed by atoms with Crippen LogP contribution in [0.25, 0.3) is 0 Å². The molecular weight excluding hydrogens is 282 g/mol. The van der Waals surface area contributed by atoms with E-state index in [0.29, 0.717) is 13.2 Å². The Morgan fingerprint density at radius 2 is 2.00 bits per heavy atom. The summed E-state index contributed by atoms with van der Waals surface area (Å²) in [6.07, 6.45) is 0. The summed E-state index contributed by atoms with van der Waals surface area (Å²) >= 11 is 7.50. The minimum atomic E-state index is 0.200. The summed E-state index contributed by atoms with van der Waals surface area (Å²) < 4.78 is 11.9. The van der Waals surface area contributed by atoms with Gasteiger partial charge >= 0.3 is 0 Å². The zero-order chi connectivity index (χ0) is 13.2. The number of rotatable bonds is 3. The number of anilines is 1. The maximum atomic E-state index is 5.96. The van der Waals surface area contributed by atoms with Gasteiger partial charge in [0.25, 0.3) is 0 Å². The molecule has 2 heterocycles. The van der Waals surface area contributed by atoms with Crippen LogP contribution in [0, 0.1) is 0 Å². The molecular formula is C14H14ClNO2S. The van der Waals surface area contributed by atoms with E-state index in [1.54, 1.807) is 11.3 Å². The van der Waals surface area contributed by atoms with Gasteiger partial charge < -0.3 is 14.8 Å². The first-order valence-electron chi connectivity index (χ1n) is 6.12. The molecule has 0 aliphatic carbocycles. The molecule has 0 amide bonds. The first-order valence-corrected chi connectivity index (χ1v) is 7.38. The number of fused-ring (bicyclic) bond motifs is 1. The first kappa shape index (κ1) is 12.6. The maximum absolute atomic E-state index is 5.96. The zero-order valence-electron chi connectivity index (χ0n) is 10.5. The highest BCUT2D eigenvalue weighted by atomic mass is 35.5. The van der Waals surface area contributed by atoms with E-state index in [1.165, 1.54) is 5.56 Å². The van der Waals surface area contributed by atoms with Gasteiger partial charge in [0.15, 0.2) is 11.5 Å². The second kappa shape index (κ2) is 5.31. The standard InChI is InChI=1S/C14H14ClNO2S/c1-9(10-6-14(15)19-8-10)16-11-2-3-12-13(7-11)18-5-4-17-12/h2-3,6-9,16H,4-5H2,1H3. The monoisotopic (exact) mass is 295 g/mol. The van der Waals surface area contributed by atoms with Crippen molar-refractivity contribution in [2.24, 2.45) is 0 Å². The molecule has 3 nitrogen and oxygen atoms in total. The van der Waals surface area contributed by atoms with Gasteiger partial charge in [-0.2, -0.15) is 0 Å². The van der Waals surface area contributed by atoms with Crippen molar-refractivity contribution >= 4 is 28.6 Å². The van der Waals surface area contributed by atoms with Crippen LogP contribution in [0.1, 0.15) is 18.5 Å². The van der Waals surface area contributed by atoms with Crippen LogP contribution in [0.4, 0.5) is 5.69 Å². The number of ether oxygens (including phenoxy) is 2. The van der Waals surface area contributed by atoms with Crippen LogP contribution in [0.2, 0.25) is 4.34 Å². The lowest BCUT2D eigenvalue weighted by molar-refractivity contribution is 0.171. The number of thiophene rings is 1. The van der Waals surface area contributed by atoms with Gasteiger partial charge in [-0.15, -0.1) is 11.3 Å². The highest BCUT2D eigenvalue weighted by Crippen LogP contribution is 2.34. The maximum Gasteiger partial charge on any atom is 0.163 e. The Bertz CT molecular complexity index is 585. The SMILES string of the molecule is CC(Nc1ccc2c(c1)OCCO2)c1csc(Cl)c1. The summed E-state index contributed by atoms with van der Waals surface area (Å²) in [6, 6.07) is 8.09. The third-order valence-corrected chi connectivity index (χ3v) is 4.12. The lowest BCUT2D eigenvalue weighted by Crippen LogP contribution is -2.15. The molecule has 5 heteroatoms. The lowest BCUT2D eigenvalue weighted by Gasteiger charge is -2.20. The van der Waals surface area contributed by atoms with E-state index in [-0.39, 0.29) is 6.04 Å². The van der Waals surface area contributed by atoms with E-state index in [9.17, 15) is 0 Å². The first-order chi connectivity index (χ1) is 9.22. The second-order valence-electron chi connectivity index (χ2n) is 4.41. The highest BCUT2D eigenvalue weighted by Gasteiger charge is 2.13. The summed E-state index contributed by atoms with van der Waals surface area (Å²) in [7, 11) is 0. The predicted octanol–water partition coefficient (Wildman–Crippen LogP) is 4.35. The number of hydrogen-bond acceptors (Lipinski definition) is 4. The van der Waals surface area contributed by atoms with Crippen molar-refractivity contribution in [3.8, 4) is 11.5 Å². The number of halogens is 1. The summed E-state index contributed by atoms with van der Waals surface area (Å²) in [6.45, 7) is 3.32. The molecule has 0 saturated carbocycles. The van der Waals surface area contributed by atoms with Crippen molar-refractivity contribution < 1.29 is 9.47 Å². The molecule has 0 saturated heterocycles. The van der Waals surface area contributed by atoms with Crippen LogP contribution < -0.4 is 14.8 Å². The Balaban J connectivity index is 1.76. The van der Waals surface area contributed by atoms with Crippen LogP contribution in [-0.4, -0.2) is 13.2 Å². The van der Waals surface area contributed by atoms with E-state index in [2.05, 4.69) is 17.6 Å². The molecule has 100 valence electrons. The number of nitrogens with one attached hydrogen (secondary N) is 1. The summed E-state index contributed by atoms with van der Waals surface area (Å²) in [5, 5.41) is 5.50. The number of benzene rings is 1. The Kier molecular flexibility index (Phi) is 3.53. The van der Waals surface area contributed by atoms with Crippen LogP contribution >= 0.6 is 22.9 Å². The predicted molar refractivity (Wildman–Crippen MR) is 78.8 cm³/mol. The minimum Gasteiger partial charge on any atom is -0.486 e. The smallest absolute Gasteiger partial charge is 0.163 e. The molecule has 1 aliphatic heterocycles. The molecule has 1 aliphatic rings. The van der Waals surface area contributed by atoms with E-state index in [0.717, 1.165) is 21.5 Å². The molecule has 0 bridgehead atoms. The fourth-order valence-corrected chi connectivity index (χ4v) is 3.00. The second-order valence-corrected chi connectivity index (χ2v) is 5.95. The van der Waals surface area contributed by atoms with Crippen molar-refractivity contribution in [1.82, 2.24) is 0 Å². The van der Waals surface area contributed by atoms with E-state index in [4.69, 9.17) is 21.1 Å². The third-order valence-electron chi connectivity index (χ3n) is 3.01. The van der Waals surface area contributed by atoms with Crippen molar-refractivity contribution in [3.05, 3.63) is 39.5 Å². The van der Waals surface area contributed by atoms with Crippen LogP contribution in [0.5, 0.6) is 11.5 Å². The van der Waals surface area contributed by atoms with Crippen molar-refractivity contribution in [2.45, 2.75) is 13.0 Å². The summed E-state index contributed by atoms with van der Waals surface area (Å²) in [5.41, 5.74) is 2.20. The van der Waals surface area contributed by atoms with Crippen molar-refractivity contribution in [2.75, 3.05) is 18.5 Å². The third kappa shape index (κ3) is 2.80. The average molecular weight is 296 g/mol. The van der Waals surface area contributed by atoms with Gasteiger partial charge in [-0.1, -0.05) is 11.6 Å². The number of hydrogen-bond donors (Lipinski definition) is 1. The molecule has 1 N–H and O–H groups in total. The zero-order valence-corrected chi connectivity index (χ0v) is 12.1. The highest BCUT2D eigenvalue weighted by molar-refractivity contribution is 7.14. The molecule has 19 heavy (non-hydrogen) atoms. The topological polar surface area (TPSA) is 30.5 Å². The fraction of sp³-hybridized carbons (Fsp3) is 0.286. The molecule has 0 spiro atoms. The fourth-order valence-electron chi connectivity index (χ4n) is 2.02. The van der Waals surface area contributed by atoms with Crippen molar-refractivity contribution in [1.29, 1.82) is 0 Å². The van der Waals surface area contributed by atoms with E-state index < -0.39 is 0 Å². The van der Waals surface area contributed by atoms with Gasteiger partial charge in [-0.3, -0.25) is 0 Å². The molecule has 0 radical (unpaired) electrons. The van der Waals surface area contributed by atoms with Gasteiger partial charge in [0.1, 0.15) is 13.2 Å². The van der Waals surface area contributed by atoms with E-state index >= 15 is 0 Å². The molecule has 3 rings (SSSR count). The average Bonchev–Trinajstić information content (AvgIpc) is 2.85. The van der Waals surface area contributed by atoms with E-state index in [1.807, 2.05) is 24.3 Å². The van der Waals surface area contributed by atoms with Gasteiger partial charge in [0.05, 0.1) is 4.34 Å². The Hall–Kier alpha value is -1.39. The largest absolute Gasteiger partial charge is 0.486 e. The van der Waals surface area contributed by atoms with Crippen molar-refractivity contribution in [3.63, 3.8) is 0 Å². The van der Waals surface area contributed by atoms with Gasteiger partial charge in [0.2, 0.25) is 0 Å². The quantitative estimate of drug-likeness (QED) is 0.913. The van der Waals surface area contributed by atoms with Crippen LogP contribution in [0.15, 0.2) is 29.6 Å². The lowest BCUT2D eigenvalue weighted by atomic mass is 10.1. The molecule has 1 aromatic heterocycles. The molecule has 2 aromatic rings. The Labute approximate surface area is 121 Å². The van der Waals surface area contributed by atoms with Crippen LogP contribution in [-0.2, 0) is 0 Å². The van der Waals surface area contributed by atoms with Crippen LogP contribution in [0.3, 0.4) is 0 Å². The normalized spacial score (nSPS) is 15.1. The molecule has 1 atom stereocenters. The van der Waals surface area contributed by atoms with Gasteiger partial charge in [-0.05, 0) is 36.1 Å². The molecule has 0 fully saturated rings. The van der Waals surface area contributed by atoms with Gasteiger partial charge in [-0.25, -0.2) is 0 Å². The molecule has 1 aromatic carbocycles. The van der Waals surface area contributed by atoms with Gasteiger partial charge in [0, 0.05) is 17.8 Å². The summed E-state index contributed by atoms with van der Waals surface area (Å²) in [5.74, 6) is 1.61.